The summed E-state index contributed by atoms with van der Waals surface area (Å²) >= 11 is 0. The Morgan fingerprint density at radius 3 is 2.28 bits per heavy atom. The van der Waals surface area contributed by atoms with Crippen LogP contribution >= 0.6 is 0 Å². The van der Waals surface area contributed by atoms with Crippen LogP contribution in [0.1, 0.15) is 57.9 Å². The fraction of sp³-hybridized carbons (Fsp3) is 0.640. The molecule has 3 rings (SSSR count). The molecule has 1 heterocycles. The van der Waals surface area contributed by atoms with Gasteiger partial charge in [0.1, 0.15) is 0 Å². The number of amides is 3. The number of imide groups is 1. The second kappa shape index (κ2) is 11.6. The number of carbonyl (C=O) groups is 3. The van der Waals surface area contributed by atoms with Crippen molar-refractivity contribution in [1.82, 2.24) is 4.90 Å². The Morgan fingerprint density at radius 2 is 1.69 bits per heavy atom. The van der Waals surface area contributed by atoms with Crippen LogP contribution in [-0.2, 0) is 23.9 Å². The lowest BCUT2D eigenvalue weighted by molar-refractivity contribution is -0.141. The Balaban J connectivity index is 1.24. The van der Waals surface area contributed by atoms with Gasteiger partial charge < -0.3 is 14.8 Å². The largest absolute Gasteiger partial charge is 0.379 e. The highest BCUT2D eigenvalue weighted by Gasteiger charge is 2.49. The van der Waals surface area contributed by atoms with Gasteiger partial charge in [0.05, 0.1) is 45.3 Å². The van der Waals surface area contributed by atoms with Crippen LogP contribution in [0, 0.1) is 17.8 Å². The van der Waals surface area contributed by atoms with Crippen LogP contribution in [0.2, 0.25) is 0 Å². The maximum Gasteiger partial charge on any atom is 0.233 e. The van der Waals surface area contributed by atoms with Gasteiger partial charge in [-0.25, -0.2) is 0 Å². The van der Waals surface area contributed by atoms with E-state index < -0.39 is 0 Å². The van der Waals surface area contributed by atoms with Crippen molar-refractivity contribution in [2.45, 2.75) is 52.4 Å². The highest BCUT2D eigenvalue weighted by atomic mass is 16.5. The minimum atomic E-state index is -0.213. The highest BCUT2D eigenvalue weighted by molar-refractivity contribution is 6.05. The number of likely N-dealkylation sites (tertiary alicyclic amines) is 1. The maximum atomic E-state index is 12.6. The van der Waals surface area contributed by atoms with E-state index in [-0.39, 0.29) is 36.0 Å². The summed E-state index contributed by atoms with van der Waals surface area (Å²) in [7, 11) is 0. The smallest absolute Gasteiger partial charge is 0.233 e. The van der Waals surface area contributed by atoms with E-state index in [4.69, 9.17) is 9.47 Å². The molecule has 7 nitrogen and oxygen atoms in total. The fourth-order valence-corrected chi connectivity index (χ4v) is 4.35. The van der Waals surface area contributed by atoms with Crippen molar-refractivity contribution in [2.24, 2.45) is 17.8 Å². The van der Waals surface area contributed by atoms with Crippen LogP contribution in [0.25, 0.3) is 0 Å². The Bertz CT molecular complexity index is 788. The second-order valence-electron chi connectivity index (χ2n) is 9.13. The first-order valence-corrected chi connectivity index (χ1v) is 11.8. The lowest BCUT2D eigenvalue weighted by Gasteiger charge is -2.31. The van der Waals surface area contributed by atoms with Gasteiger partial charge in [-0.3, -0.25) is 19.3 Å². The molecule has 0 spiro atoms. The number of nitrogens with one attached hydrogen (secondary N) is 1. The highest BCUT2D eigenvalue weighted by Crippen LogP contribution is 2.42. The predicted molar refractivity (Wildman–Crippen MR) is 122 cm³/mol. The molecule has 0 radical (unpaired) electrons. The van der Waals surface area contributed by atoms with Crippen LogP contribution in [0.15, 0.2) is 24.3 Å². The summed E-state index contributed by atoms with van der Waals surface area (Å²) in [5, 5.41) is 2.86. The molecule has 3 amide bonds. The van der Waals surface area contributed by atoms with Crippen molar-refractivity contribution in [3.63, 3.8) is 0 Å². The van der Waals surface area contributed by atoms with Gasteiger partial charge in [-0.15, -0.1) is 0 Å². The normalized spacial score (nSPS) is 21.3. The van der Waals surface area contributed by atoms with E-state index in [0.29, 0.717) is 44.8 Å². The molecule has 176 valence electrons. The van der Waals surface area contributed by atoms with E-state index in [0.717, 1.165) is 24.9 Å². The zero-order chi connectivity index (χ0) is 23.1. The van der Waals surface area contributed by atoms with Gasteiger partial charge in [-0.2, -0.15) is 0 Å². The third kappa shape index (κ3) is 6.17. The monoisotopic (exact) mass is 444 g/mol. The molecule has 2 atom stereocenters. The molecule has 2 unspecified atom stereocenters. The first-order chi connectivity index (χ1) is 15.4. The van der Waals surface area contributed by atoms with Gasteiger partial charge in [0, 0.05) is 11.6 Å². The first kappa shape index (κ1) is 24.4. The molecule has 1 saturated heterocycles. The van der Waals surface area contributed by atoms with E-state index in [1.807, 2.05) is 31.2 Å². The van der Waals surface area contributed by atoms with Crippen LogP contribution in [0.5, 0.6) is 0 Å². The average molecular weight is 445 g/mol. The van der Waals surface area contributed by atoms with E-state index in [2.05, 4.69) is 19.2 Å². The molecule has 1 saturated carbocycles. The quantitative estimate of drug-likeness (QED) is 0.393. The lowest BCUT2D eigenvalue weighted by Crippen LogP contribution is -2.36. The molecule has 7 heteroatoms. The zero-order valence-corrected chi connectivity index (χ0v) is 19.5. The molecule has 1 aromatic carbocycles. The number of nitrogens with zero attached hydrogens (tertiary/aromatic N) is 1. The summed E-state index contributed by atoms with van der Waals surface area (Å²) in [5.41, 5.74) is 2.01. The fourth-order valence-electron chi connectivity index (χ4n) is 4.35. The third-order valence-corrected chi connectivity index (χ3v) is 6.57. The van der Waals surface area contributed by atoms with Gasteiger partial charge >= 0.3 is 0 Å². The molecule has 1 aliphatic carbocycles. The summed E-state index contributed by atoms with van der Waals surface area (Å²) in [4.78, 5) is 38.4. The number of carbonyl (C=O) groups excluding carboxylic acids is 3. The lowest BCUT2D eigenvalue weighted by atomic mass is 9.72. The number of rotatable bonds is 12. The first-order valence-electron chi connectivity index (χ1n) is 11.8. The summed E-state index contributed by atoms with van der Waals surface area (Å²) < 4.78 is 11.0. The number of hydrogen-bond acceptors (Lipinski definition) is 5. The van der Waals surface area contributed by atoms with E-state index >= 15 is 0 Å². The van der Waals surface area contributed by atoms with Gasteiger partial charge in [-0.1, -0.05) is 39.3 Å². The van der Waals surface area contributed by atoms with Gasteiger partial charge in [0.15, 0.2) is 0 Å². The summed E-state index contributed by atoms with van der Waals surface area (Å²) in [6.45, 7) is 7.76. The summed E-state index contributed by atoms with van der Waals surface area (Å²) in [5.74, 6) is 0.282. The summed E-state index contributed by atoms with van der Waals surface area (Å²) in [6, 6.07) is 7.86. The van der Waals surface area contributed by atoms with E-state index in [1.165, 1.54) is 10.5 Å². The van der Waals surface area contributed by atoms with Crippen molar-refractivity contribution in [2.75, 3.05) is 38.3 Å². The van der Waals surface area contributed by atoms with Crippen LogP contribution in [0.3, 0.4) is 0 Å². The number of ether oxygens (including phenoxy) is 2. The van der Waals surface area contributed by atoms with Crippen LogP contribution in [0.4, 0.5) is 5.69 Å². The zero-order valence-electron chi connectivity index (χ0n) is 19.5. The van der Waals surface area contributed by atoms with Gasteiger partial charge in [-0.05, 0) is 42.4 Å². The Labute approximate surface area is 190 Å². The Kier molecular flexibility index (Phi) is 8.82. The minimum Gasteiger partial charge on any atom is -0.379 e. The van der Waals surface area contributed by atoms with E-state index in [1.54, 1.807) is 0 Å². The summed E-state index contributed by atoms with van der Waals surface area (Å²) in [6.07, 6.45) is 3.53. The predicted octanol–water partition coefficient (Wildman–Crippen LogP) is 3.59. The van der Waals surface area contributed by atoms with Crippen molar-refractivity contribution in [1.29, 1.82) is 0 Å². The topological polar surface area (TPSA) is 84.9 Å². The van der Waals surface area contributed by atoms with E-state index in [9.17, 15) is 14.4 Å². The molecule has 32 heavy (non-hydrogen) atoms. The molecule has 2 aliphatic rings. The molecule has 0 bridgehead atoms. The molecule has 1 N–H and O–H groups in total. The van der Waals surface area contributed by atoms with Gasteiger partial charge in [0.25, 0.3) is 0 Å². The Hall–Kier alpha value is -2.25. The SMILES string of the molecule is CC(C)c1ccc(NC(=O)CCOCCOCCN2C(=O)C(C)C(C3CCC3)C2=O)cc1. The number of hydrogen-bond donors (Lipinski definition) is 1. The van der Waals surface area contributed by atoms with Crippen molar-refractivity contribution in [3.05, 3.63) is 29.8 Å². The van der Waals surface area contributed by atoms with Crippen LogP contribution < -0.4 is 5.32 Å². The molecular formula is C25H36N2O5. The molecule has 0 aromatic heterocycles. The molecule has 2 fully saturated rings. The molecule has 1 aliphatic heterocycles. The number of anilines is 1. The maximum absolute atomic E-state index is 12.6. The minimum absolute atomic E-state index is 0.0306. The van der Waals surface area contributed by atoms with Crippen molar-refractivity contribution in [3.8, 4) is 0 Å². The van der Waals surface area contributed by atoms with Crippen molar-refractivity contribution < 1.29 is 23.9 Å². The Morgan fingerprint density at radius 1 is 1.03 bits per heavy atom. The van der Waals surface area contributed by atoms with Gasteiger partial charge in [0.2, 0.25) is 17.7 Å². The standard InChI is InChI=1S/C25H36N2O5/c1-17(2)19-7-9-21(10-8-19)26-22(28)11-13-31-15-16-32-14-12-27-24(29)18(3)23(25(27)30)20-5-4-6-20/h7-10,17-18,20,23H,4-6,11-16H2,1-3H3,(H,26,28). The molecular weight excluding hydrogens is 408 g/mol. The average Bonchev–Trinajstić information content (AvgIpc) is 2.93. The molecule has 1 aromatic rings. The number of benzene rings is 1. The third-order valence-electron chi connectivity index (χ3n) is 6.57. The van der Waals surface area contributed by atoms with Crippen molar-refractivity contribution >= 4 is 23.4 Å². The van der Waals surface area contributed by atoms with Crippen LogP contribution in [-0.4, -0.2) is 55.6 Å². The second-order valence-corrected chi connectivity index (χ2v) is 9.13.